The molecule has 2 unspecified atom stereocenters. The second kappa shape index (κ2) is 9.43. The molecule has 0 aliphatic rings. The van der Waals surface area contributed by atoms with Gasteiger partial charge in [-0.05, 0) is 31.4 Å². The quantitative estimate of drug-likeness (QED) is 0.655. The van der Waals surface area contributed by atoms with Crippen molar-refractivity contribution in [1.82, 2.24) is 5.32 Å². The molecule has 0 aliphatic heterocycles. The van der Waals surface area contributed by atoms with Gasteiger partial charge in [0.25, 0.3) is 0 Å². The van der Waals surface area contributed by atoms with Gasteiger partial charge in [-0.25, -0.2) is 0 Å². The lowest BCUT2D eigenvalue weighted by Crippen LogP contribution is -2.41. The van der Waals surface area contributed by atoms with Gasteiger partial charge in [-0.3, -0.25) is 4.79 Å². The number of methoxy groups -OCH3 is 1. The third-order valence-corrected chi connectivity index (χ3v) is 3.37. The topological polar surface area (TPSA) is 70.6 Å². The lowest BCUT2D eigenvalue weighted by molar-refractivity contribution is -0.116. The first-order valence-corrected chi connectivity index (χ1v) is 7.76. The molecule has 3 N–H and O–H groups in total. The van der Waals surface area contributed by atoms with E-state index in [2.05, 4.69) is 24.5 Å². The van der Waals surface area contributed by atoms with Crippen molar-refractivity contribution >= 4 is 11.6 Å². The van der Waals surface area contributed by atoms with Gasteiger partial charge in [0.1, 0.15) is 5.75 Å². The van der Waals surface area contributed by atoms with Crippen molar-refractivity contribution in [2.45, 2.75) is 45.7 Å². The molecule has 0 aliphatic carbocycles. The zero-order valence-electron chi connectivity index (χ0n) is 13.9. The van der Waals surface area contributed by atoms with E-state index < -0.39 is 0 Å². The van der Waals surface area contributed by atoms with Gasteiger partial charge >= 0.3 is 0 Å². The molecule has 5 nitrogen and oxygen atoms in total. The molecule has 0 aromatic heterocycles. The summed E-state index contributed by atoms with van der Waals surface area (Å²) in [5.41, 5.74) is 0.670. The molecule has 22 heavy (non-hydrogen) atoms. The van der Waals surface area contributed by atoms with E-state index in [0.717, 1.165) is 6.42 Å². The molecule has 1 aromatic carbocycles. The summed E-state index contributed by atoms with van der Waals surface area (Å²) in [6.07, 6.45) is 1.22. The van der Waals surface area contributed by atoms with Crippen LogP contribution in [-0.4, -0.2) is 36.8 Å². The predicted molar refractivity (Wildman–Crippen MR) is 89.2 cm³/mol. The zero-order valence-corrected chi connectivity index (χ0v) is 13.9. The highest BCUT2D eigenvalue weighted by Gasteiger charge is 2.16. The van der Waals surface area contributed by atoms with Crippen LogP contribution in [0.15, 0.2) is 24.3 Å². The minimum Gasteiger partial charge on any atom is -0.495 e. The van der Waals surface area contributed by atoms with Crippen molar-refractivity contribution in [3.8, 4) is 5.75 Å². The molecule has 0 spiro atoms. The van der Waals surface area contributed by atoms with E-state index >= 15 is 0 Å². The van der Waals surface area contributed by atoms with Crippen molar-refractivity contribution in [2.24, 2.45) is 5.92 Å². The summed E-state index contributed by atoms with van der Waals surface area (Å²) >= 11 is 0. The van der Waals surface area contributed by atoms with Gasteiger partial charge in [-0.1, -0.05) is 26.0 Å². The zero-order chi connectivity index (χ0) is 16.5. The average molecular weight is 308 g/mol. The summed E-state index contributed by atoms with van der Waals surface area (Å²) in [6.45, 7) is 6.26. The molecule has 1 aromatic rings. The molecule has 1 rings (SSSR count). The summed E-state index contributed by atoms with van der Waals surface area (Å²) in [6, 6.07) is 7.34. The molecule has 0 heterocycles. The number of amides is 1. The minimum absolute atomic E-state index is 0.00870. The number of ether oxygens (including phenoxy) is 1. The third-order valence-electron chi connectivity index (χ3n) is 3.37. The highest BCUT2D eigenvalue weighted by molar-refractivity contribution is 5.92. The van der Waals surface area contributed by atoms with Crippen LogP contribution in [0, 0.1) is 5.92 Å². The molecular formula is C17H28N2O3. The van der Waals surface area contributed by atoms with Crippen LogP contribution in [0.25, 0.3) is 0 Å². The summed E-state index contributed by atoms with van der Waals surface area (Å²) < 4.78 is 5.21. The Balaban J connectivity index is 2.50. The van der Waals surface area contributed by atoms with Gasteiger partial charge in [0.2, 0.25) is 5.91 Å². The van der Waals surface area contributed by atoms with Crippen LogP contribution in [0.2, 0.25) is 0 Å². The molecular weight excluding hydrogens is 280 g/mol. The first-order valence-electron chi connectivity index (χ1n) is 7.76. The van der Waals surface area contributed by atoms with Gasteiger partial charge in [0.15, 0.2) is 0 Å². The van der Waals surface area contributed by atoms with Crippen LogP contribution < -0.4 is 15.4 Å². The van der Waals surface area contributed by atoms with Gasteiger partial charge in [-0.2, -0.15) is 0 Å². The van der Waals surface area contributed by atoms with Crippen LogP contribution in [-0.2, 0) is 4.79 Å². The maximum Gasteiger partial charge on any atom is 0.226 e. The number of anilines is 1. The maximum atomic E-state index is 12.1. The van der Waals surface area contributed by atoms with E-state index in [1.807, 2.05) is 31.2 Å². The number of benzene rings is 1. The fourth-order valence-electron chi connectivity index (χ4n) is 2.45. The molecule has 1 amide bonds. The molecule has 124 valence electrons. The fraction of sp³-hybridized carbons (Fsp3) is 0.588. The summed E-state index contributed by atoms with van der Waals surface area (Å²) in [4.78, 5) is 12.1. The van der Waals surface area contributed by atoms with Gasteiger partial charge in [0, 0.05) is 18.5 Å². The highest BCUT2D eigenvalue weighted by Crippen LogP contribution is 2.23. The SMILES string of the molecule is COc1ccccc1NC(=O)CC(C)NC(CO)CC(C)C. The van der Waals surface area contributed by atoms with E-state index in [-0.39, 0.29) is 24.6 Å². The minimum atomic E-state index is -0.0780. The fourth-order valence-corrected chi connectivity index (χ4v) is 2.45. The molecule has 0 bridgehead atoms. The van der Waals surface area contributed by atoms with E-state index in [0.29, 0.717) is 23.8 Å². The lowest BCUT2D eigenvalue weighted by Gasteiger charge is -2.23. The number of carbonyl (C=O) groups is 1. The normalized spacial score (nSPS) is 13.7. The van der Waals surface area contributed by atoms with Gasteiger partial charge in [0.05, 0.1) is 19.4 Å². The van der Waals surface area contributed by atoms with E-state index in [1.54, 1.807) is 7.11 Å². The Kier molecular flexibility index (Phi) is 7.91. The van der Waals surface area contributed by atoms with Crippen molar-refractivity contribution in [3.05, 3.63) is 24.3 Å². The highest BCUT2D eigenvalue weighted by atomic mass is 16.5. The number of aliphatic hydroxyl groups is 1. The average Bonchev–Trinajstić information content (AvgIpc) is 2.46. The van der Waals surface area contributed by atoms with Crippen LogP contribution >= 0.6 is 0 Å². The van der Waals surface area contributed by atoms with Crippen molar-refractivity contribution in [3.63, 3.8) is 0 Å². The second-order valence-electron chi connectivity index (χ2n) is 6.03. The van der Waals surface area contributed by atoms with Crippen molar-refractivity contribution < 1.29 is 14.6 Å². The number of hydrogen-bond donors (Lipinski definition) is 3. The number of hydrogen-bond acceptors (Lipinski definition) is 4. The molecule has 0 fully saturated rings. The van der Waals surface area contributed by atoms with Crippen molar-refractivity contribution in [1.29, 1.82) is 0 Å². The summed E-state index contributed by atoms with van der Waals surface area (Å²) in [7, 11) is 1.58. The molecule has 2 atom stereocenters. The smallest absolute Gasteiger partial charge is 0.226 e. The van der Waals surface area contributed by atoms with E-state index in [1.165, 1.54) is 0 Å². The van der Waals surface area contributed by atoms with E-state index in [4.69, 9.17) is 4.74 Å². The Bertz CT molecular complexity index is 463. The van der Waals surface area contributed by atoms with Gasteiger partial charge in [-0.15, -0.1) is 0 Å². The largest absolute Gasteiger partial charge is 0.495 e. The second-order valence-corrected chi connectivity index (χ2v) is 6.03. The number of carbonyl (C=O) groups excluding carboxylic acids is 1. The van der Waals surface area contributed by atoms with Gasteiger partial charge < -0.3 is 20.5 Å². The van der Waals surface area contributed by atoms with E-state index in [9.17, 15) is 9.90 Å². The Labute approximate surface area is 133 Å². The molecule has 5 heteroatoms. The Hall–Kier alpha value is -1.59. The number of nitrogens with one attached hydrogen (secondary N) is 2. The number of rotatable bonds is 9. The third kappa shape index (κ3) is 6.45. The standard InChI is InChI=1S/C17H28N2O3/c1-12(2)9-14(11-20)18-13(3)10-17(21)19-15-7-5-6-8-16(15)22-4/h5-8,12-14,18,20H,9-11H2,1-4H3,(H,19,21). The molecule has 0 radical (unpaired) electrons. The first-order chi connectivity index (χ1) is 10.5. The van der Waals surface area contributed by atoms with Crippen LogP contribution in [0.5, 0.6) is 5.75 Å². The number of para-hydroxylation sites is 2. The van der Waals surface area contributed by atoms with Crippen LogP contribution in [0.4, 0.5) is 5.69 Å². The monoisotopic (exact) mass is 308 g/mol. The summed E-state index contributed by atoms with van der Waals surface area (Å²) in [5.74, 6) is 1.06. The van der Waals surface area contributed by atoms with Crippen molar-refractivity contribution in [2.75, 3.05) is 19.0 Å². The molecule has 0 saturated carbocycles. The Morgan fingerprint density at radius 2 is 1.95 bits per heavy atom. The Morgan fingerprint density at radius 3 is 2.55 bits per heavy atom. The van der Waals surface area contributed by atoms with Crippen LogP contribution in [0.1, 0.15) is 33.6 Å². The lowest BCUT2D eigenvalue weighted by atomic mass is 10.0. The summed E-state index contributed by atoms with van der Waals surface area (Å²) in [5, 5.41) is 15.5. The maximum absolute atomic E-state index is 12.1. The number of aliphatic hydroxyl groups excluding tert-OH is 1. The van der Waals surface area contributed by atoms with Crippen LogP contribution in [0.3, 0.4) is 0 Å². The molecule has 0 saturated heterocycles. The Morgan fingerprint density at radius 1 is 1.27 bits per heavy atom. The predicted octanol–water partition coefficient (Wildman–Crippen LogP) is 2.41. The first kappa shape index (κ1) is 18.5.